The fraction of sp³-hybridized carbons (Fsp3) is 0.278. The normalized spacial score (nSPS) is 15.9. The maximum absolute atomic E-state index is 13.0. The summed E-state index contributed by atoms with van der Waals surface area (Å²) >= 11 is 0. The number of ether oxygens (including phenoxy) is 1. The number of nitrogens with zero attached hydrogens (tertiary/aromatic N) is 2. The van der Waals surface area contributed by atoms with Crippen LogP contribution >= 0.6 is 0 Å². The third-order valence-corrected chi connectivity index (χ3v) is 4.37. The van der Waals surface area contributed by atoms with Crippen LogP contribution in [-0.2, 0) is 11.2 Å². The summed E-state index contributed by atoms with van der Waals surface area (Å²) in [5.74, 6) is 0.576. The molecule has 2 aliphatic rings. The second kappa shape index (κ2) is 5.57. The van der Waals surface area contributed by atoms with Gasteiger partial charge >= 0.3 is 0 Å². The number of carbonyl (C=O) groups excluding carboxylic acids is 1. The van der Waals surface area contributed by atoms with Crippen LogP contribution in [-0.4, -0.2) is 32.1 Å². The molecule has 2 heterocycles. The number of para-hydroxylation sites is 1. The van der Waals surface area contributed by atoms with Gasteiger partial charge in [-0.05, 0) is 29.8 Å². The van der Waals surface area contributed by atoms with Crippen molar-refractivity contribution in [1.82, 2.24) is 0 Å². The predicted molar refractivity (Wildman–Crippen MR) is 86.6 cm³/mol. The van der Waals surface area contributed by atoms with Gasteiger partial charge in [0.05, 0.1) is 18.7 Å². The third kappa shape index (κ3) is 2.52. The SMILES string of the molecule is O=C(Cc1ccc(F)cc1)N1CCN2CCOc3cccc1c32. The largest absolute Gasteiger partial charge is 0.489 e. The lowest BCUT2D eigenvalue weighted by molar-refractivity contribution is -0.118. The monoisotopic (exact) mass is 312 g/mol. The lowest BCUT2D eigenvalue weighted by Crippen LogP contribution is -2.47. The highest BCUT2D eigenvalue weighted by Crippen LogP contribution is 2.42. The molecule has 0 unspecified atom stereocenters. The van der Waals surface area contributed by atoms with E-state index in [9.17, 15) is 9.18 Å². The Hall–Kier alpha value is -2.56. The molecule has 4 rings (SSSR count). The van der Waals surface area contributed by atoms with Crippen molar-refractivity contribution in [2.45, 2.75) is 6.42 Å². The van der Waals surface area contributed by atoms with Gasteiger partial charge in [0.1, 0.15) is 23.9 Å². The fourth-order valence-corrected chi connectivity index (χ4v) is 3.24. The zero-order valence-electron chi connectivity index (χ0n) is 12.7. The van der Waals surface area contributed by atoms with Crippen LogP contribution in [0.4, 0.5) is 15.8 Å². The van der Waals surface area contributed by atoms with Gasteiger partial charge in [-0.25, -0.2) is 4.39 Å². The summed E-state index contributed by atoms with van der Waals surface area (Å²) < 4.78 is 18.7. The summed E-state index contributed by atoms with van der Waals surface area (Å²) in [5, 5.41) is 0. The van der Waals surface area contributed by atoms with Crippen LogP contribution in [0, 0.1) is 5.82 Å². The minimum Gasteiger partial charge on any atom is -0.489 e. The van der Waals surface area contributed by atoms with Crippen molar-refractivity contribution >= 4 is 17.3 Å². The lowest BCUT2D eigenvalue weighted by Gasteiger charge is -2.41. The summed E-state index contributed by atoms with van der Waals surface area (Å²) in [4.78, 5) is 16.8. The maximum atomic E-state index is 13.0. The van der Waals surface area contributed by atoms with Gasteiger partial charge in [-0.3, -0.25) is 4.79 Å². The van der Waals surface area contributed by atoms with Gasteiger partial charge in [0.2, 0.25) is 5.91 Å². The number of benzene rings is 2. The van der Waals surface area contributed by atoms with Gasteiger partial charge in [0.25, 0.3) is 0 Å². The molecule has 23 heavy (non-hydrogen) atoms. The Labute approximate surface area is 134 Å². The number of halogens is 1. The first-order chi connectivity index (χ1) is 11.2. The molecule has 4 nitrogen and oxygen atoms in total. The van der Waals surface area contributed by atoms with Crippen molar-refractivity contribution in [3.8, 4) is 5.75 Å². The van der Waals surface area contributed by atoms with Crippen LogP contribution in [0.2, 0.25) is 0 Å². The molecule has 2 aliphatic heterocycles. The highest BCUT2D eigenvalue weighted by atomic mass is 19.1. The van der Waals surface area contributed by atoms with E-state index in [0.717, 1.165) is 35.8 Å². The molecule has 2 aromatic carbocycles. The van der Waals surface area contributed by atoms with Gasteiger partial charge < -0.3 is 14.5 Å². The van der Waals surface area contributed by atoms with E-state index in [1.165, 1.54) is 12.1 Å². The van der Waals surface area contributed by atoms with Gasteiger partial charge in [0.15, 0.2) is 0 Å². The Morgan fingerprint density at radius 1 is 1.09 bits per heavy atom. The Morgan fingerprint density at radius 3 is 2.74 bits per heavy atom. The zero-order valence-corrected chi connectivity index (χ0v) is 12.7. The van der Waals surface area contributed by atoms with Crippen molar-refractivity contribution in [1.29, 1.82) is 0 Å². The van der Waals surface area contributed by atoms with E-state index in [0.29, 0.717) is 13.2 Å². The van der Waals surface area contributed by atoms with Crippen LogP contribution in [0.25, 0.3) is 0 Å². The van der Waals surface area contributed by atoms with Crippen molar-refractivity contribution in [3.05, 3.63) is 53.8 Å². The molecule has 0 saturated carbocycles. The van der Waals surface area contributed by atoms with Gasteiger partial charge in [-0.1, -0.05) is 18.2 Å². The molecule has 0 spiro atoms. The van der Waals surface area contributed by atoms with Crippen molar-refractivity contribution in [2.75, 3.05) is 36.0 Å². The zero-order chi connectivity index (χ0) is 15.8. The molecule has 5 heteroatoms. The molecular weight excluding hydrogens is 295 g/mol. The lowest BCUT2D eigenvalue weighted by atomic mass is 10.1. The van der Waals surface area contributed by atoms with Crippen LogP contribution in [0.1, 0.15) is 5.56 Å². The second-order valence-corrected chi connectivity index (χ2v) is 5.81. The van der Waals surface area contributed by atoms with E-state index >= 15 is 0 Å². The molecule has 0 saturated heterocycles. The number of anilines is 2. The standard InChI is InChI=1S/C18H17FN2O2/c19-14-6-4-13(5-7-14)12-17(22)21-9-8-20-10-11-23-16-3-1-2-15(21)18(16)20/h1-7H,8-12H2. The predicted octanol–water partition coefficient (Wildman–Crippen LogP) is 2.61. The molecule has 0 bridgehead atoms. The van der Waals surface area contributed by atoms with Crippen LogP contribution in [0.3, 0.4) is 0 Å². The minimum atomic E-state index is -0.288. The first-order valence-electron chi connectivity index (χ1n) is 7.78. The van der Waals surface area contributed by atoms with Crippen molar-refractivity contribution < 1.29 is 13.9 Å². The highest BCUT2D eigenvalue weighted by molar-refractivity contribution is 6.00. The number of hydrogen-bond acceptors (Lipinski definition) is 3. The first kappa shape index (κ1) is 14.1. The minimum absolute atomic E-state index is 0.0234. The molecule has 0 aromatic heterocycles. The Bertz CT molecular complexity index is 745. The van der Waals surface area contributed by atoms with Crippen LogP contribution < -0.4 is 14.5 Å². The third-order valence-electron chi connectivity index (χ3n) is 4.37. The molecule has 0 fully saturated rings. The van der Waals surface area contributed by atoms with Gasteiger partial charge in [-0.15, -0.1) is 0 Å². The average Bonchev–Trinajstić information content (AvgIpc) is 2.58. The maximum Gasteiger partial charge on any atom is 0.231 e. The molecule has 1 amide bonds. The summed E-state index contributed by atoms with van der Waals surface area (Å²) in [6.45, 7) is 3.00. The van der Waals surface area contributed by atoms with E-state index in [2.05, 4.69) is 4.90 Å². The van der Waals surface area contributed by atoms with Crippen LogP contribution in [0.5, 0.6) is 5.75 Å². The van der Waals surface area contributed by atoms with Crippen molar-refractivity contribution in [2.24, 2.45) is 0 Å². The summed E-state index contributed by atoms with van der Waals surface area (Å²) in [6.07, 6.45) is 0.269. The van der Waals surface area contributed by atoms with Crippen molar-refractivity contribution in [3.63, 3.8) is 0 Å². The quantitative estimate of drug-likeness (QED) is 0.854. The molecule has 118 valence electrons. The number of carbonyl (C=O) groups is 1. The van der Waals surface area contributed by atoms with E-state index in [-0.39, 0.29) is 18.1 Å². The fourth-order valence-electron chi connectivity index (χ4n) is 3.24. The second-order valence-electron chi connectivity index (χ2n) is 5.81. The van der Waals surface area contributed by atoms with E-state index < -0.39 is 0 Å². The van der Waals surface area contributed by atoms with E-state index in [4.69, 9.17) is 4.74 Å². The first-order valence-corrected chi connectivity index (χ1v) is 7.78. The summed E-state index contributed by atoms with van der Waals surface area (Å²) in [7, 11) is 0. The van der Waals surface area contributed by atoms with E-state index in [1.54, 1.807) is 12.1 Å². The molecule has 0 aliphatic carbocycles. The highest BCUT2D eigenvalue weighted by Gasteiger charge is 2.31. The summed E-state index contributed by atoms with van der Waals surface area (Å²) in [5.41, 5.74) is 2.73. The van der Waals surface area contributed by atoms with E-state index in [1.807, 2.05) is 23.1 Å². The molecular formula is C18H17FN2O2. The average molecular weight is 312 g/mol. The molecule has 0 radical (unpaired) electrons. The van der Waals surface area contributed by atoms with Gasteiger partial charge in [0, 0.05) is 13.1 Å². The Morgan fingerprint density at radius 2 is 1.91 bits per heavy atom. The summed E-state index contributed by atoms with van der Waals surface area (Å²) in [6, 6.07) is 11.9. The number of rotatable bonds is 2. The van der Waals surface area contributed by atoms with Crippen LogP contribution in [0.15, 0.2) is 42.5 Å². The number of amides is 1. The smallest absolute Gasteiger partial charge is 0.231 e. The Balaban J connectivity index is 1.62. The van der Waals surface area contributed by atoms with Gasteiger partial charge in [-0.2, -0.15) is 0 Å². The molecule has 0 N–H and O–H groups in total. The topological polar surface area (TPSA) is 32.8 Å². The number of hydrogen-bond donors (Lipinski definition) is 0. The Kier molecular flexibility index (Phi) is 3.41. The molecule has 0 atom stereocenters. The molecule has 2 aromatic rings.